The molecule has 2 nitrogen and oxygen atoms in total. The van der Waals surface area contributed by atoms with Crippen LogP contribution in [-0.2, 0) is 0 Å². The van der Waals surface area contributed by atoms with Crippen LogP contribution >= 0.6 is 45.3 Å². The summed E-state index contributed by atoms with van der Waals surface area (Å²) >= 11 is 5.41. The zero-order valence-electron chi connectivity index (χ0n) is 11.5. The Morgan fingerprint density at radius 1 is 0.727 bits per heavy atom. The van der Waals surface area contributed by atoms with Gasteiger partial charge in [-0.25, -0.2) is 0 Å². The SMILES string of the molecule is C1=CSC(=C2SC=CS2(c2ccccn2)c2ccccn2)S1. The minimum absolute atomic E-state index is 1.10. The Hall–Kier alpha value is -1.08. The van der Waals surface area contributed by atoms with Gasteiger partial charge in [0.15, 0.2) is 0 Å². The maximum Gasteiger partial charge on any atom is 0.0924 e. The van der Waals surface area contributed by atoms with Gasteiger partial charge in [0.05, 0.1) is 18.5 Å². The third-order valence-electron chi connectivity index (χ3n) is 3.23. The van der Waals surface area contributed by atoms with Gasteiger partial charge in [0, 0.05) is 12.4 Å². The van der Waals surface area contributed by atoms with Crippen LogP contribution in [0.3, 0.4) is 0 Å². The van der Waals surface area contributed by atoms with E-state index in [1.807, 2.05) is 36.3 Å². The Labute approximate surface area is 143 Å². The third-order valence-corrected chi connectivity index (χ3v) is 11.0. The molecule has 4 rings (SSSR count). The van der Waals surface area contributed by atoms with E-state index in [4.69, 9.17) is 9.97 Å². The zero-order valence-corrected chi connectivity index (χ0v) is 14.7. The van der Waals surface area contributed by atoms with Gasteiger partial charge >= 0.3 is 0 Å². The van der Waals surface area contributed by atoms with Gasteiger partial charge in [-0.05, 0) is 45.9 Å². The Bertz CT molecular complexity index is 720. The molecular weight excluding hydrogens is 348 g/mol. The van der Waals surface area contributed by atoms with Crippen LogP contribution in [0.25, 0.3) is 0 Å². The fourth-order valence-corrected chi connectivity index (χ4v) is 10.3. The molecule has 0 saturated heterocycles. The number of aromatic nitrogens is 2. The summed E-state index contributed by atoms with van der Waals surface area (Å²) in [7, 11) is -1.48. The molecule has 0 bridgehead atoms. The molecule has 0 aliphatic carbocycles. The van der Waals surface area contributed by atoms with Crippen molar-refractivity contribution >= 4 is 45.3 Å². The maximum absolute atomic E-state index is 4.69. The van der Waals surface area contributed by atoms with Crippen molar-refractivity contribution in [1.82, 2.24) is 9.97 Å². The van der Waals surface area contributed by atoms with E-state index < -0.39 is 10.0 Å². The summed E-state index contributed by atoms with van der Waals surface area (Å²) in [4.78, 5) is 9.38. The normalized spacial score (nSPS) is 20.5. The average molecular weight is 361 g/mol. The van der Waals surface area contributed by atoms with E-state index in [1.54, 1.807) is 23.5 Å². The molecule has 6 heteroatoms. The fraction of sp³-hybridized carbons (Fsp3) is 0. The van der Waals surface area contributed by atoms with E-state index in [2.05, 4.69) is 45.9 Å². The maximum atomic E-state index is 4.69. The summed E-state index contributed by atoms with van der Waals surface area (Å²) in [5, 5.41) is 11.0. The largest absolute Gasteiger partial charge is 0.250 e. The summed E-state index contributed by atoms with van der Waals surface area (Å²) in [5.41, 5.74) is 0. The highest BCUT2D eigenvalue weighted by Crippen LogP contribution is 2.76. The molecule has 0 N–H and O–H groups in total. The second-order valence-corrected chi connectivity index (χ2v) is 10.6. The van der Waals surface area contributed by atoms with Crippen LogP contribution in [0.5, 0.6) is 0 Å². The van der Waals surface area contributed by atoms with E-state index >= 15 is 0 Å². The predicted molar refractivity (Wildman–Crippen MR) is 101 cm³/mol. The summed E-state index contributed by atoms with van der Waals surface area (Å²) in [6.45, 7) is 0. The Balaban J connectivity index is 1.97. The number of rotatable bonds is 2. The van der Waals surface area contributed by atoms with Crippen LogP contribution in [0.4, 0.5) is 0 Å². The molecule has 2 aliphatic heterocycles. The highest BCUT2D eigenvalue weighted by molar-refractivity contribution is 8.49. The van der Waals surface area contributed by atoms with Gasteiger partial charge in [0.25, 0.3) is 0 Å². The van der Waals surface area contributed by atoms with Gasteiger partial charge in [-0.1, -0.05) is 57.4 Å². The highest BCUT2D eigenvalue weighted by Gasteiger charge is 2.39. The van der Waals surface area contributed by atoms with Crippen molar-refractivity contribution in [3.05, 3.63) is 78.9 Å². The predicted octanol–water partition coefficient (Wildman–Crippen LogP) is 6.00. The molecule has 0 atom stereocenters. The first-order valence-electron chi connectivity index (χ1n) is 6.63. The minimum atomic E-state index is -1.48. The zero-order chi connectivity index (χ0) is 14.8. The van der Waals surface area contributed by atoms with E-state index in [0.717, 1.165) is 10.1 Å². The number of hydrogen-bond acceptors (Lipinski definition) is 5. The second kappa shape index (κ2) is 6.20. The lowest BCUT2D eigenvalue weighted by Gasteiger charge is -2.34. The first-order chi connectivity index (χ1) is 10.9. The van der Waals surface area contributed by atoms with Crippen molar-refractivity contribution in [1.29, 1.82) is 0 Å². The lowest BCUT2D eigenvalue weighted by atomic mass is 10.5. The molecule has 0 radical (unpaired) electrons. The van der Waals surface area contributed by atoms with Crippen molar-refractivity contribution < 1.29 is 0 Å². The molecule has 0 aromatic carbocycles. The van der Waals surface area contributed by atoms with Crippen LogP contribution in [0.2, 0.25) is 0 Å². The van der Waals surface area contributed by atoms with Crippen LogP contribution in [-0.4, -0.2) is 9.97 Å². The molecule has 0 amide bonds. The third kappa shape index (κ3) is 2.34. The Kier molecular flexibility index (Phi) is 4.09. The molecule has 4 heterocycles. The summed E-state index contributed by atoms with van der Waals surface area (Å²) in [6.07, 6.45) is 3.75. The molecule has 0 unspecified atom stereocenters. The number of nitrogens with zero attached hydrogens (tertiary/aromatic N) is 2. The van der Waals surface area contributed by atoms with Gasteiger partial charge in [-0.15, -0.1) is 0 Å². The summed E-state index contributed by atoms with van der Waals surface area (Å²) in [5.74, 6) is 0. The van der Waals surface area contributed by atoms with Crippen LogP contribution in [0.1, 0.15) is 0 Å². The Morgan fingerprint density at radius 2 is 1.36 bits per heavy atom. The Morgan fingerprint density at radius 3 is 1.91 bits per heavy atom. The fourth-order valence-electron chi connectivity index (χ4n) is 2.30. The second-order valence-electron chi connectivity index (χ2n) is 4.47. The van der Waals surface area contributed by atoms with Crippen LogP contribution in [0.15, 0.2) is 89.0 Å². The van der Waals surface area contributed by atoms with Crippen molar-refractivity contribution in [3.8, 4) is 0 Å². The lowest BCUT2D eigenvalue weighted by molar-refractivity contribution is 1.07. The van der Waals surface area contributed by atoms with Gasteiger partial charge in [0.1, 0.15) is 0 Å². The van der Waals surface area contributed by atoms with E-state index in [9.17, 15) is 0 Å². The van der Waals surface area contributed by atoms with Crippen molar-refractivity contribution in [3.63, 3.8) is 0 Å². The van der Waals surface area contributed by atoms with E-state index in [1.165, 1.54) is 8.47 Å². The quantitative estimate of drug-likeness (QED) is 0.655. The van der Waals surface area contributed by atoms with Gasteiger partial charge in [-0.2, -0.15) is 0 Å². The minimum Gasteiger partial charge on any atom is -0.250 e. The summed E-state index contributed by atoms with van der Waals surface area (Å²) < 4.78 is 2.73. The smallest absolute Gasteiger partial charge is 0.0924 e. The topological polar surface area (TPSA) is 25.8 Å². The molecule has 110 valence electrons. The number of thioether (sulfide) groups is 3. The van der Waals surface area contributed by atoms with E-state index in [-0.39, 0.29) is 0 Å². The summed E-state index contributed by atoms with van der Waals surface area (Å²) in [6, 6.07) is 12.3. The van der Waals surface area contributed by atoms with Gasteiger partial charge in [-0.3, -0.25) is 9.97 Å². The van der Waals surface area contributed by atoms with Crippen molar-refractivity contribution in [2.24, 2.45) is 0 Å². The molecule has 22 heavy (non-hydrogen) atoms. The highest BCUT2D eigenvalue weighted by atomic mass is 32.3. The van der Waals surface area contributed by atoms with Gasteiger partial charge in [0.2, 0.25) is 0 Å². The molecule has 2 aromatic rings. The average Bonchev–Trinajstić information content (AvgIpc) is 3.26. The molecule has 0 saturated carbocycles. The molecule has 2 aliphatic rings. The number of pyridine rings is 2. The van der Waals surface area contributed by atoms with Crippen LogP contribution < -0.4 is 0 Å². The standard InChI is InChI=1S/C16H12N2S4/c1-3-7-17-13(5-1)22(14-6-2-4-8-18-14)12-11-21-16(22)15-19-9-10-20-15/h1-12H. The van der Waals surface area contributed by atoms with Crippen molar-refractivity contribution in [2.75, 3.05) is 0 Å². The van der Waals surface area contributed by atoms with Gasteiger partial charge < -0.3 is 0 Å². The molecule has 0 spiro atoms. The first kappa shape index (κ1) is 14.5. The molecule has 2 aromatic heterocycles. The molecular formula is C16H12N2S4. The van der Waals surface area contributed by atoms with E-state index in [0.29, 0.717) is 0 Å². The van der Waals surface area contributed by atoms with Crippen LogP contribution in [0, 0.1) is 0 Å². The molecule has 0 fully saturated rings. The monoisotopic (exact) mass is 360 g/mol. The van der Waals surface area contributed by atoms with Crippen molar-refractivity contribution in [2.45, 2.75) is 10.1 Å². The number of hydrogen-bond donors (Lipinski definition) is 0. The first-order valence-corrected chi connectivity index (χ1v) is 11.0. The lowest BCUT2D eigenvalue weighted by Crippen LogP contribution is -2.03.